The van der Waals surface area contributed by atoms with Crippen molar-refractivity contribution in [2.45, 2.75) is 131 Å². The standard InChI is InChI=1S/C31H35ClFNO6.C23H27ClFNO5.C12H14O4.2CH4/c1-30(2,3)40-28(35)18-34(17-21-6-10-23(11-7-21)26-16-24(32)12-15-27(26)33)20-31(4,37)29(36)39-19-22-8-13-25(38-5)14-9-22;1-22(2,3)31-20(27)13-26(14-23(4,30)21(28)29)12-15-5-7-16(8-6-15)18-11-17(24)9-10-19(18)25;1-12(8-16-12)11(13)15-7-9-3-5-10(14-2)6-4-9;;/h6-16,37H,17-20H2,1-5H3;5-11,30H,12-14H2,1-4H3,(H,28,29);3-6H,7-8H2,1-2H3;2*1H4/t31-;23-;12-;;/m111../s1. The second kappa shape index (κ2) is 33.4. The molecule has 484 valence electrons. The second-order valence-corrected chi connectivity index (χ2v) is 24.2. The molecule has 1 aliphatic rings. The minimum atomic E-state index is -2.05. The van der Waals surface area contributed by atoms with Crippen LogP contribution in [0.2, 0.25) is 10.0 Å². The number of carbonyl (C=O) groups excluding carboxylic acids is 4. The number of carbonyl (C=O) groups is 5. The first kappa shape index (κ1) is 75.8. The lowest BCUT2D eigenvalue weighted by molar-refractivity contribution is -0.169. The SMILES string of the molecule is C.C.CC(C)(C)OC(=O)CN(Cc1ccc(-c2cc(Cl)ccc2F)cc1)C[C@@](C)(O)C(=O)O.COc1ccc(COC(=O)[C@@]2(C)CO2)cc1.COc1ccc(COC(=O)[C@](C)(O)CN(CC(=O)OC(C)(C)C)Cc2ccc(-c3cc(Cl)ccc3F)cc2)cc1. The van der Waals surface area contributed by atoms with Crippen LogP contribution in [0.4, 0.5) is 8.78 Å². The monoisotopic (exact) mass is 1280 g/mol. The van der Waals surface area contributed by atoms with Crippen molar-refractivity contribution in [3.05, 3.63) is 177 Å². The van der Waals surface area contributed by atoms with Crippen LogP contribution in [0, 0.1) is 11.6 Å². The van der Waals surface area contributed by atoms with E-state index in [0.717, 1.165) is 28.0 Å². The van der Waals surface area contributed by atoms with Gasteiger partial charge in [0.15, 0.2) is 16.8 Å². The maximum absolute atomic E-state index is 14.3. The lowest BCUT2D eigenvalue weighted by Gasteiger charge is -2.30. The highest BCUT2D eigenvalue weighted by Crippen LogP contribution is 2.30. The molecule has 0 bridgehead atoms. The van der Waals surface area contributed by atoms with E-state index in [9.17, 15) is 48.1 Å². The number of aliphatic hydroxyl groups is 2. The van der Waals surface area contributed by atoms with Gasteiger partial charge in [0, 0.05) is 47.4 Å². The summed E-state index contributed by atoms with van der Waals surface area (Å²) in [6.45, 7) is 14.9. The number of rotatable bonds is 23. The molecule has 0 aromatic heterocycles. The molecule has 21 heteroatoms. The number of halogens is 4. The van der Waals surface area contributed by atoms with Crippen molar-refractivity contribution < 1.29 is 81.2 Å². The number of carboxylic acid groups (broad SMARTS) is 1. The van der Waals surface area contributed by atoms with Gasteiger partial charge in [-0.05, 0) is 156 Å². The average molecular weight is 1280 g/mol. The summed E-state index contributed by atoms with van der Waals surface area (Å²) in [5.41, 5.74) is -0.900. The van der Waals surface area contributed by atoms with Crippen LogP contribution in [0.5, 0.6) is 11.5 Å². The van der Waals surface area contributed by atoms with Crippen molar-refractivity contribution >= 4 is 53.0 Å². The van der Waals surface area contributed by atoms with E-state index in [0.29, 0.717) is 44.7 Å². The maximum atomic E-state index is 14.3. The molecule has 17 nitrogen and oxygen atoms in total. The van der Waals surface area contributed by atoms with E-state index in [1.165, 1.54) is 49.1 Å². The van der Waals surface area contributed by atoms with Gasteiger partial charge in [0.05, 0.1) is 33.9 Å². The van der Waals surface area contributed by atoms with Gasteiger partial charge in [0.2, 0.25) is 0 Å². The molecular formula is C68H84Cl2F2N2O15. The van der Waals surface area contributed by atoms with Crippen LogP contribution in [0.25, 0.3) is 22.3 Å². The Labute approximate surface area is 531 Å². The normalized spacial score (nSPS) is 14.7. The quantitative estimate of drug-likeness (QED) is 0.0308. The summed E-state index contributed by atoms with van der Waals surface area (Å²) in [6, 6.07) is 37.0. The molecule has 0 unspecified atom stereocenters. The molecule has 1 fully saturated rings. The zero-order chi connectivity index (χ0) is 64.5. The van der Waals surface area contributed by atoms with Gasteiger partial charge < -0.3 is 48.5 Å². The Hall–Kier alpha value is -7.49. The smallest absolute Gasteiger partial charge is 0.340 e. The van der Waals surface area contributed by atoms with Crippen molar-refractivity contribution in [2.75, 3.05) is 47.0 Å². The number of ether oxygens (including phenoxy) is 7. The summed E-state index contributed by atoms with van der Waals surface area (Å²) in [4.78, 5) is 63.7. The van der Waals surface area contributed by atoms with Gasteiger partial charge >= 0.3 is 29.8 Å². The number of esters is 4. The molecule has 6 aromatic carbocycles. The third-order valence-electron chi connectivity index (χ3n) is 12.8. The minimum absolute atomic E-state index is 0. The summed E-state index contributed by atoms with van der Waals surface area (Å²) in [6.07, 6.45) is 0. The number of aliphatic carboxylic acids is 1. The Morgan fingerprint density at radius 3 is 1.24 bits per heavy atom. The van der Waals surface area contributed by atoms with Crippen molar-refractivity contribution in [1.82, 2.24) is 9.80 Å². The molecule has 0 spiro atoms. The number of benzene rings is 6. The highest BCUT2D eigenvalue weighted by atomic mass is 35.5. The van der Waals surface area contributed by atoms with Crippen LogP contribution in [0.3, 0.4) is 0 Å². The molecule has 1 saturated heterocycles. The molecule has 89 heavy (non-hydrogen) atoms. The van der Waals surface area contributed by atoms with Crippen LogP contribution < -0.4 is 9.47 Å². The fourth-order valence-electron chi connectivity index (χ4n) is 8.26. The van der Waals surface area contributed by atoms with E-state index in [4.69, 9.17) is 56.4 Å². The van der Waals surface area contributed by atoms with Crippen LogP contribution in [0.1, 0.15) is 99.4 Å². The van der Waals surface area contributed by atoms with Gasteiger partial charge in [-0.1, -0.05) is 111 Å². The highest BCUT2D eigenvalue weighted by Gasteiger charge is 2.49. The second-order valence-electron chi connectivity index (χ2n) is 23.3. The van der Waals surface area contributed by atoms with Crippen LogP contribution in [-0.2, 0) is 74.0 Å². The van der Waals surface area contributed by atoms with Crippen LogP contribution in [-0.4, -0.2) is 130 Å². The van der Waals surface area contributed by atoms with E-state index in [2.05, 4.69) is 0 Å². The summed E-state index contributed by atoms with van der Waals surface area (Å²) in [7, 11) is 3.17. The molecule has 0 amide bonds. The molecule has 7 rings (SSSR count). The van der Waals surface area contributed by atoms with Gasteiger partial charge in [-0.25, -0.2) is 23.2 Å². The number of epoxide rings is 1. The number of hydrogen-bond donors (Lipinski definition) is 3. The zero-order valence-electron chi connectivity index (χ0n) is 50.7. The van der Waals surface area contributed by atoms with Gasteiger partial charge in [0.1, 0.15) is 47.5 Å². The number of methoxy groups -OCH3 is 2. The molecule has 1 aliphatic heterocycles. The van der Waals surface area contributed by atoms with E-state index in [-0.39, 0.29) is 73.3 Å². The Morgan fingerprint density at radius 2 is 0.899 bits per heavy atom. The fraction of sp³-hybridized carbons (Fsp3) is 0.397. The molecule has 0 saturated carbocycles. The molecule has 0 aliphatic carbocycles. The predicted octanol–water partition coefficient (Wildman–Crippen LogP) is 12.7. The largest absolute Gasteiger partial charge is 0.497 e. The molecule has 1 heterocycles. The predicted molar refractivity (Wildman–Crippen MR) is 338 cm³/mol. The van der Waals surface area contributed by atoms with Gasteiger partial charge in [-0.2, -0.15) is 0 Å². The maximum Gasteiger partial charge on any atom is 0.340 e. The number of nitrogens with zero attached hydrogens (tertiary/aromatic N) is 2. The molecular weight excluding hydrogens is 1190 g/mol. The zero-order valence-corrected chi connectivity index (χ0v) is 52.2. The molecule has 6 aromatic rings. The first-order chi connectivity index (χ1) is 40.7. The van der Waals surface area contributed by atoms with Crippen LogP contribution >= 0.6 is 23.2 Å². The van der Waals surface area contributed by atoms with Gasteiger partial charge in [0.25, 0.3) is 0 Å². The molecule has 3 N–H and O–H groups in total. The first-order valence-electron chi connectivity index (χ1n) is 27.6. The van der Waals surface area contributed by atoms with Crippen molar-refractivity contribution in [2.24, 2.45) is 0 Å². The summed E-state index contributed by atoms with van der Waals surface area (Å²) in [5.74, 6) is -2.91. The summed E-state index contributed by atoms with van der Waals surface area (Å²) >= 11 is 12.0. The number of hydrogen-bond acceptors (Lipinski definition) is 16. The third-order valence-corrected chi connectivity index (χ3v) is 13.2. The first-order valence-corrected chi connectivity index (χ1v) is 28.3. The van der Waals surface area contributed by atoms with E-state index < -0.39 is 63.5 Å². The van der Waals surface area contributed by atoms with E-state index in [1.54, 1.807) is 146 Å². The Morgan fingerprint density at radius 1 is 0.551 bits per heavy atom. The molecule has 0 radical (unpaired) electrons. The van der Waals surface area contributed by atoms with Crippen LogP contribution in [0.15, 0.2) is 133 Å². The van der Waals surface area contributed by atoms with E-state index >= 15 is 0 Å². The van der Waals surface area contributed by atoms with Gasteiger partial charge in [-0.3, -0.25) is 19.4 Å². The fourth-order valence-corrected chi connectivity index (χ4v) is 8.60. The molecule has 3 atom stereocenters. The highest BCUT2D eigenvalue weighted by molar-refractivity contribution is 6.31. The van der Waals surface area contributed by atoms with Crippen molar-refractivity contribution in [1.29, 1.82) is 0 Å². The minimum Gasteiger partial charge on any atom is -0.497 e. The average Bonchev–Trinajstić information content (AvgIpc) is 2.12. The lowest BCUT2D eigenvalue weighted by Crippen LogP contribution is -2.49. The summed E-state index contributed by atoms with van der Waals surface area (Å²) < 4.78 is 64.8. The summed E-state index contributed by atoms with van der Waals surface area (Å²) in [5, 5.41) is 31.3. The number of carboxylic acids is 1. The topological polar surface area (TPSA) is 220 Å². The van der Waals surface area contributed by atoms with Crippen molar-refractivity contribution in [3.8, 4) is 33.8 Å². The van der Waals surface area contributed by atoms with Crippen molar-refractivity contribution in [3.63, 3.8) is 0 Å². The Balaban J connectivity index is 0.000000373. The Bertz CT molecular complexity index is 3270. The third kappa shape index (κ3) is 25.5. The van der Waals surface area contributed by atoms with Gasteiger partial charge in [-0.15, -0.1) is 0 Å². The lowest BCUT2D eigenvalue weighted by atomic mass is 10.0. The Kier molecular flexibility index (Phi) is 28.4. The van der Waals surface area contributed by atoms with E-state index in [1.807, 2.05) is 24.3 Å².